The number of aryl methyl sites for hydroxylation is 1. The summed E-state index contributed by atoms with van der Waals surface area (Å²) in [5, 5.41) is 0. The van der Waals surface area contributed by atoms with Crippen molar-refractivity contribution in [3.8, 4) is 0 Å². The van der Waals surface area contributed by atoms with Crippen LogP contribution in [0.3, 0.4) is 0 Å². The molecular weight excluding hydrogens is 348 g/mol. The van der Waals surface area contributed by atoms with Gasteiger partial charge in [-0.2, -0.15) is 0 Å². The summed E-state index contributed by atoms with van der Waals surface area (Å²) in [6.07, 6.45) is 1.29. The molecule has 2 aromatic carbocycles. The van der Waals surface area contributed by atoms with Crippen LogP contribution in [0.4, 0.5) is 5.69 Å². The summed E-state index contributed by atoms with van der Waals surface area (Å²) in [4.78, 5) is 13.8. The molecule has 5 nitrogen and oxygen atoms in total. The molecule has 0 spiro atoms. The lowest BCUT2D eigenvalue weighted by atomic mass is 9.99. The second-order valence-electron chi connectivity index (χ2n) is 6.69. The summed E-state index contributed by atoms with van der Waals surface area (Å²) < 4.78 is 27.7. The van der Waals surface area contributed by atoms with Crippen LogP contribution < -0.4 is 4.72 Å². The molecule has 1 N–H and O–H groups in total. The molecule has 0 aromatic heterocycles. The molecule has 138 valence electrons. The maximum atomic E-state index is 12.5. The van der Waals surface area contributed by atoms with Crippen molar-refractivity contribution in [2.75, 3.05) is 11.3 Å². The van der Waals surface area contributed by atoms with Gasteiger partial charge in [0.2, 0.25) is 15.9 Å². The zero-order chi connectivity index (χ0) is 18.7. The summed E-state index contributed by atoms with van der Waals surface area (Å²) in [5.41, 5.74) is 4.47. The lowest BCUT2D eigenvalue weighted by molar-refractivity contribution is -0.131. The molecule has 0 atom stereocenters. The molecule has 0 radical (unpaired) electrons. The molecule has 0 unspecified atom stereocenters. The van der Waals surface area contributed by atoms with Gasteiger partial charge < -0.3 is 4.90 Å². The summed E-state index contributed by atoms with van der Waals surface area (Å²) in [6.45, 7) is 5.02. The van der Waals surface area contributed by atoms with E-state index >= 15 is 0 Å². The van der Waals surface area contributed by atoms with E-state index in [4.69, 9.17) is 0 Å². The Morgan fingerprint density at radius 3 is 2.65 bits per heavy atom. The minimum atomic E-state index is -3.50. The van der Waals surface area contributed by atoms with Gasteiger partial charge in [0.25, 0.3) is 0 Å². The highest BCUT2D eigenvalue weighted by Gasteiger charge is 2.20. The standard InChI is InChI=1S/C20H24N2O3S/c1-3-20(23)22-11-10-16-8-9-19(12-18(16)13-22)21-26(24,25)14-17-7-5-4-6-15(17)2/h4-9,12,21H,3,10-11,13-14H2,1-2H3. The number of rotatable bonds is 5. The highest BCUT2D eigenvalue weighted by Crippen LogP contribution is 2.24. The van der Waals surface area contributed by atoms with Crippen molar-refractivity contribution in [2.45, 2.75) is 39.0 Å². The quantitative estimate of drug-likeness (QED) is 0.876. The predicted octanol–water partition coefficient (Wildman–Crippen LogP) is 3.23. The number of amides is 1. The number of hydrogen-bond acceptors (Lipinski definition) is 3. The lowest BCUT2D eigenvalue weighted by Gasteiger charge is -2.29. The Hall–Kier alpha value is -2.34. The van der Waals surface area contributed by atoms with Gasteiger partial charge in [0.1, 0.15) is 0 Å². The van der Waals surface area contributed by atoms with Crippen LogP contribution in [0.5, 0.6) is 0 Å². The Morgan fingerprint density at radius 2 is 1.92 bits per heavy atom. The molecule has 1 heterocycles. The van der Waals surface area contributed by atoms with Gasteiger partial charge in [-0.15, -0.1) is 0 Å². The summed E-state index contributed by atoms with van der Waals surface area (Å²) in [7, 11) is -3.50. The van der Waals surface area contributed by atoms with E-state index in [0.29, 0.717) is 18.7 Å². The monoisotopic (exact) mass is 372 g/mol. The van der Waals surface area contributed by atoms with E-state index in [1.54, 1.807) is 6.07 Å². The van der Waals surface area contributed by atoms with Crippen LogP contribution in [0.25, 0.3) is 0 Å². The number of anilines is 1. The SMILES string of the molecule is CCC(=O)N1CCc2ccc(NS(=O)(=O)Cc3ccccc3C)cc2C1. The number of carbonyl (C=O) groups is 1. The molecule has 26 heavy (non-hydrogen) atoms. The summed E-state index contributed by atoms with van der Waals surface area (Å²) in [5.74, 6) is 0.0678. The zero-order valence-electron chi connectivity index (χ0n) is 15.2. The fourth-order valence-corrected chi connectivity index (χ4v) is 4.54. The van der Waals surface area contributed by atoms with Gasteiger partial charge >= 0.3 is 0 Å². The Balaban J connectivity index is 1.76. The number of benzene rings is 2. The Morgan fingerprint density at radius 1 is 1.15 bits per heavy atom. The van der Waals surface area contributed by atoms with E-state index in [-0.39, 0.29) is 11.7 Å². The van der Waals surface area contributed by atoms with E-state index in [9.17, 15) is 13.2 Å². The number of nitrogens with zero attached hydrogens (tertiary/aromatic N) is 1. The van der Waals surface area contributed by atoms with Crippen LogP contribution in [0.1, 0.15) is 35.6 Å². The number of fused-ring (bicyclic) bond motifs is 1. The highest BCUT2D eigenvalue weighted by molar-refractivity contribution is 7.91. The van der Waals surface area contributed by atoms with Crippen LogP contribution in [0.15, 0.2) is 42.5 Å². The maximum absolute atomic E-state index is 12.5. The van der Waals surface area contributed by atoms with Crippen LogP contribution >= 0.6 is 0 Å². The van der Waals surface area contributed by atoms with Gasteiger partial charge in [0, 0.05) is 25.2 Å². The van der Waals surface area contributed by atoms with Gasteiger partial charge in [0.05, 0.1) is 5.75 Å². The molecule has 2 aromatic rings. The highest BCUT2D eigenvalue weighted by atomic mass is 32.2. The maximum Gasteiger partial charge on any atom is 0.236 e. The van der Waals surface area contributed by atoms with Crippen LogP contribution in [0.2, 0.25) is 0 Å². The molecule has 1 aliphatic heterocycles. The molecule has 3 rings (SSSR count). The molecule has 0 aliphatic carbocycles. The van der Waals surface area contributed by atoms with E-state index in [0.717, 1.165) is 29.7 Å². The molecule has 0 bridgehead atoms. The second kappa shape index (κ2) is 7.50. The third-order valence-corrected chi connectivity index (χ3v) is 5.99. The number of nitrogens with one attached hydrogen (secondary N) is 1. The third kappa shape index (κ3) is 4.25. The Labute approximate surface area is 155 Å². The van der Waals surface area contributed by atoms with Gasteiger partial charge in [-0.1, -0.05) is 37.3 Å². The average molecular weight is 372 g/mol. The number of carbonyl (C=O) groups excluding carboxylic acids is 1. The van der Waals surface area contributed by atoms with Gasteiger partial charge in [-0.3, -0.25) is 9.52 Å². The van der Waals surface area contributed by atoms with Crippen molar-refractivity contribution in [3.05, 3.63) is 64.7 Å². The topological polar surface area (TPSA) is 66.5 Å². The number of hydrogen-bond donors (Lipinski definition) is 1. The first-order valence-corrected chi connectivity index (χ1v) is 10.5. The Bertz CT molecular complexity index is 922. The van der Waals surface area contributed by atoms with Crippen molar-refractivity contribution in [3.63, 3.8) is 0 Å². The van der Waals surface area contributed by atoms with E-state index in [1.165, 1.54) is 5.56 Å². The minimum Gasteiger partial charge on any atom is -0.338 e. The van der Waals surface area contributed by atoms with Crippen molar-refractivity contribution in [1.82, 2.24) is 4.90 Å². The third-order valence-electron chi connectivity index (χ3n) is 4.75. The first-order valence-electron chi connectivity index (χ1n) is 8.82. The minimum absolute atomic E-state index is 0.0583. The van der Waals surface area contributed by atoms with Crippen LogP contribution in [-0.2, 0) is 33.5 Å². The van der Waals surface area contributed by atoms with Crippen molar-refractivity contribution >= 4 is 21.6 Å². The van der Waals surface area contributed by atoms with Gasteiger partial charge in [0.15, 0.2) is 0 Å². The van der Waals surface area contributed by atoms with E-state index in [1.807, 2.05) is 55.1 Å². The molecular formula is C20H24N2O3S. The fraction of sp³-hybridized carbons (Fsp3) is 0.350. The largest absolute Gasteiger partial charge is 0.338 e. The van der Waals surface area contributed by atoms with Crippen molar-refractivity contribution < 1.29 is 13.2 Å². The first-order chi connectivity index (χ1) is 12.4. The molecule has 0 saturated heterocycles. The average Bonchev–Trinajstić information content (AvgIpc) is 2.62. The van der Waals surface area contributed by atoms with Gasteiger partial charge in [-0.05, 0) is 47.7 Å². The first kappa shape index (κ1) is 18.5. The predicted molar refractivity (Wildman–Crippen MR) is 103 cm³/mol. The molecule has 1 aliphatic rings. The summed E-state index contributed by atoms with van der Waals surface area (Å²) in [6, 6.07) is 13.1. The Kier molecular flexibility index (Phi) is 5.32. The molecule has 0 fully saturated rings. The van der Waals surface area contributed by atoms with E-state index < -0.39 is 10.0 Å². The zero-order valence-corrected chi connectivity index (χ0v) is 16.0. The van der Waals surface area contributed by atoms with Crippen LogP contribution in [-0.4, -0.2) is 25.8 Å². The number of sulfonamides is 1. The second-order valence-corrected chi connectivity index (χ2v) is 8.41. The molecule has 1 amide bonds. The van der Waals surface area contributed by atoms with Crippen molar-refractivity contribution in [1.29, 1.82) is 0 Å². The fourth-order valence-electron chi connectivity index (χ4n) is 3.25. The van der Waals surface area contributed by atoms with Crippen molar-refractivity contribution in [2.24, 2.45) is 0 Å². The normalized spacial score (nSPS) is 14.0. The molecule has 6 heteroatoms. The van der Waals surface area contributed by atoms with Crippen LogP contribution in [0, 0.1) is 6.92 Å². The molecule has 0 saturated carbocycles. The smallest absolute Gasteiger partial charge is 0.236 e. The van der Waals surface area contributed by atoms with Gasteiger partial charge in [-0.25, -0.2) is 8.42 Å². The van der Waals surface area contributed by atoms with E-state index in [2.05, 4.69) is 4.72 Å². The lowest BCUT2D eigenvalue weighted by Crippen LogP contribution is -2.35. The summed E-state index contributed by atoms with van der Waals surface area (Å²) >= 11 is 0.